The van der Waals surface area contributed by atoms with Gasteiger partial charge in [-0.3, -0.25) is 19.3 Å². The van der Waals surface area contributed by atoms with Crippen LogP contribution in [0.3, 0.4) is 0 Å². The molecule has 0 radical (unpaired) electrons. The Labute approximate surface area is 190 Å². The van der Waals surface area contributed by atoms with Crippen LogP contribution in [0.4, 0.5) is 0 Å². The number of carbonyl (C=O) groups excluding carboxylic acids is 3. The number of aryl methyl sites for hydroxylation is 1. The second kappa shape index (κ2) is 10.5. The number of furan rings is 1. The molecule has 0 spiro atoms. The van der Waals surface area contributed by atoms with E-state index in [1.165, 1.54) is 19.3 Å². The summed E-state index contributed by atoms with van der Waals surface area (Å²) in [6.07, 6.45) is 7.34. The number of rotatable bonds is 5. The van der Waals surface area contributed by atoms with Gasteiger partial charge >= 0.3 is 0 Å². The molecule has 2 saturated heterocycles. The van der Waals surface area contributed by atoms with Crippen LogP contribution in [-0.4, -0.2) is 84.3 Å². The van der Waals surface area contributed by atoms with E-state index in [9.17, 15) is 14.4 Å². The summed E-state index contributed by atoms with van der Waals surface area (Å²) in [4.78, 5) is 43.6. The monoisotopic (exact) mass is 444 g/mol. The maximum atomic E-state index is 12.7. The summed E-state index contributed by atoms with van der Waals surface area (Å²) >= 11 is 0. The van der Waals surface area contributed by atoms with Crippen molar-refractivity contribution >= 4 is 17.7 Å². The Kier molecular flexibility index (Phi) is 7.50. The number of nitrogens with zero attached hydrogens (tertiary/aromatic N) is 3. The molecule has 3 amide bonds. The lowest BCUT2D eigenvalue weighted by Gasteiger charge is -2.36. The van der Waals surface area contributed by atoms with Gasteiger partial charge in [-0.25, -0.2) is 0 Å². The van der Waals surface area contributed by atoms with Crippen molar-refractivity contribution in [1.29, 1.82) is 0 Å². The lowest BCUT2D eigenvalue weighted by molar-refractivity contribution is -0.137. The number of hydrogen-bond acceptors (Lipinski definition) is 5. The first-order valence-corrected chi connectivity index (χ1v) is 12.2. The zero-order chi connectivity index (χ0) is 22.5. The normalized spacial score (nSPS) is 21.5. The van der Waals surface area contributed by atoms with Gasteiger partial charge in [-0.15, -0.1) is 0 Å². The highest BCUT2D eigenvalue weighted by molar-refractivity contribution is 5.91. The summed E-state index contributed by atoms with van der Waals surface area (Å²) in [7, 11) is 0. The third-order valence-electron chi connectivity index (χ3n) is 7.10. The molecule has 32 heavy (non-hydrogen) atoms. The number of nitrogens with one attached hydrogen (secondary N) is 1. The minimum atomic E-state index is -0.0864. The van der Waals surface area contributed by atoms with Crippen LogP contribution in [-0.2, 0) is 9.59 Å². The van der Waals surface area contributed by atoms with Crippen molar-refractivity contribution < 1.29 is 18.8 Å². The van der Waals surface area contributed by atoms with Crippen LogP contribution in [0.2, 0.25) is 0 Å². The van der Waals surface area contributed by atoms with Gasteiger partial charge in [-0.2, -0.15) is 0 Å². The molecular weight excluding hydrogens is 408 g/mol. The molecule has 8 nitrogen and oxygen atoms in total. The largest absolute Gasteiger partial charge is 0.456 e. The van der Waals surface area contributed by atoms with Gasteiger partial charge < -0.3 is 19.5 Å². The molecule has 0 unspecified atom stereocenters. The van der Waals surface area contributed by atoms with E-state index >= 15 is 0 Å². The predicted octanol–water partition coefficient (Wildman–Crippen LogP) is 2.03. The summed E-state index contributed by atoms with van der Waals surface area (Å²) in [6, 6.07) is 3.65. The Balaban J connectivity index is 1.14. The van der Waals surface area contributed by atoms with Gasteiger partial charge in [-0.1, -0.05) is 19.3 Å². The molecular formula is C24H36N4O4. The average Bonchev–Trinajstić information content (AvgIpc) is 3.26. The zero-order valence-electron chi connectivity index (χ0n) is 19.2. The van der Waals surface area contributed by atoms with Gasteiger partial charge in [0.25, 0.3) is 5.91 Å². The predicted molar refractivity (Wildman–Crippen MR) is 120 cm³/mol. The molecule has 1 N–H and O–H groups in total. The Morgan fingerprint density at radius 1 is 0.906 bits per heavy atom. The van der Waals surface area contributed by atoms with Gasteiger partial charge in [0.2, 0.25) is 11.8 Å². The first-order chi connectivity index (χ1) is 15.5. The molecule has 0 aromatic carbocycles. The third kappa shape index (κ3) is 5.71. The van der Waals surface area contributed by atoms with E-state index in [0.29, 0.717) is 44.4 Å². The van der Waals surface area contributed by atoms with E-state index in [0.717, 1.165) is 44.5 Å². The molecule has 3 aliphatic rings. The maximum Gasteiger partial charge on any atom is 0.289 e. The van der Waals surface area contributed by atoms with Crippen molar-refractivity contribution in [2.24, 2.45) is 5.92 Å². The number of piperidine rings is 1. The molecule has 0 atom stereocenters. The van der Waals surface area contributed by atoms with Gasteiger partial charge in [0, 0.05) is 51.2 Å². The van der Waals surface area contributed by atoms with Crippen molar-refractivity contribution in [3.8, 4) is 0 Å². The molecule has 8 heteroatoms. The van der Waals surface area contributed by atoms with Crippen molar-refractivity contribution in [2.45, 2.75) is 57.9 Å². The van der Waals surface area contributed by atoms with E-state index in [1.807, 2.05) is 11.8 Å². The van der Waals surface area contributed by atoms with Crippen LogP contribution in [0.15, 0.2) is 16.5 Å². The number of carbonyl (C=O) groups is 3. The molecule has 1 aliphatic carbocycles. The van der Waals surface area contributed by atoms with Crippen LogP contribution in [0.5, 0.6) is 0 Å². The highest BCUT2D eigenvalue weighted by Crippen LogP contribution is 2.26. The fourth-order valence-electron chi connectivity index (χ4n) is 5.14. The van der Waals surface area contributed by atoms with E-state index < -0.39 is 0 Å². The molecule has 3 heterocycles. The molecule has 3 fully saturated rings. The average molecular weight is 445 g/mol. The molecule has 1 saturated carbocycles. The van der Waals surface area contributed by atoms with Gasteiger partial charge in [0.1, 0.15) is 5.76 Å². The Morgan fingerprint density at radius 3 is 2.22 bits per heavy atom. The summed E-state index contributed by atoms with van der Waals surface area (Å²) < 4.78 is 5.44. The number of amides is 3. The van der Waals surface area contributed by atoms with Gasteiger partial charge in [0.05, 0.1) is 6.54 Å². The van der Waals surface area contributed by atoms with Crippen LogP contribution in [0, 0.1) is 12.8 Å². The van der Waals surface area contributed by atoms with E-state index in [2.05, 4.69) is 10.2 Å². The second-order valence-electron chi connectivity index (χ2n) is 9.48. The molecule has 176 valence electrons. The third-order valence-corrected chi connectivity index (χ3v) is 7.10. The smallest absolute Gasteiger partial charge is 0.289 e. The molecule has 1 aromatic rings. The first kappa shape index (κ1) is 22.8. The van der Waals surface area contributed by atoms with Crippen LogP contribution < -0.4 is 5.32 Å². The SMILES string of the molecule is Cc1ccc(C(=O)N2CCN(CC(=O)NC3CCN(C(=O)C4CCCCC4)CC3)CC2)o1. The minimum Gasteiger partial charge on any atom is -0.456 e. The zero-order valence-corrected chi connectivity index (χ0v) is 19.2. The Hall–Kier alpha value is -2.35. The van der Waals surface area contributed by atoms with E-state index in [4.69, 9.17) is 4.42 Å². The fraction of sp³-hybridized carbons (Fsp3) is 0.708. The van der Waals surface area contributed by atoms with Crippen molar-refractivity contribution in [3.63, 3.8) is 0 Å². The summed E-state index contributed by atoms with van der Waals surface area (Å²) in [5.74, 6) is 1.60. The van der Waals surface area contributed by atoms with Crippen molar-refractivity contribution in [3.05, 3.63) is 23.7 Å². The quantitative estimate of drug-likeness (QED) is 0.751. The highest BCUT2D eigenvalue weighted by atomic mass is 16.3. The van der Waals surface area contributed by atoms with Gasteiger partial charge in [-0.05, 0) is 44.7 Å². The molecule has 2 aliphatic heterocycles. The summed E-state index contributed by atoms with van der Waals surface area (Å²) in [5.41, 5.74) is 0. The molecule has 1 aromatic heterocycles. The molecule has 0 bridgehead atoms. The molecule has 4 rings (SSSR count). The van der Waals surface area contributed by atoms with Crippen LogP contribution in [0.1, 0.15) is 61.3 Å². The number of hydrogen-bond donors (Lipinski definition) is 1. The summed E-state index contributed by atoms with van der Waals surface area (Å²) in [5, 5.41) is 3.15. The number of piperazine rings is 1. The topological polar surface area (TPSA) is 86.1 Å². The lowest BCUT2D eigenvalue weighted by Crippen LogP contribution is -2.53. The van der Waals surface area contributed by atoms with Gasteiger partial charge in [0.15, 0.2) is 5.76 Å². The first-order valence-electron chi connectivity index (χ1n) is 12.2. The highest BCUT2D eigenvalue weighted by Gasteiger charge is 2.30. The number of likely N-dealkylation sites (tertiary alicyclic amines) is 1. The Morgan fingerprint density at radius 2 is 1.59 bits per heavy atom. The maximum absolute atomic E-state index is 12.7. The minimum absolute atomic E-state index is 0.0310. The van der Waals surface area contributed by atoms with Crippen molar-refractivity contribution in [2.75, 3.05) is 45.8 Å². The lowest BCUT2D eigenvalue weighted by atomic mass is 9.87. The fourth-order valence-corrected chi connectivity index (χ4v) is 5.14. The van der Waals surface area contributed by atoms with Crippen LogP contribution in [0.25, 0.3) is 0 Å². The van der Waals surface area contributed by atoms with E-state index in [1.54, 1.807) is 17.0 Å². The summed E-state index contributed by atoms with van der Waals surface area (Å²) in [6.45, 7) is 6.19. The Bertz CT molecular complexity index is 801. The van der Waals surface area contributed by atoms with Crippen LogP contribution >= 0.6 is 0 Å². The second-order valence-corrected chi connectivity index (χ2v) is 9.48. The van der Waals surface area contributed by atoms with Crippen molar-refractivity contribution in [1.82, 2.24) is 20.0 Å². The standard InChI is InChI=1S/C24H36N4O4/c1-18-7-8-21(32-18)24(31)28-15-13-26(14-16-28)17-22(29)25-20-9-11-27(12-10-20)23(30)19-5-3-2-4-6-19/h7-8,19-20H,2-6,9-17H2,1H3,(H,25,29). The van der Waals surface area contributed by atoms with E-state index in [-0.39, 0.29) is 23.8 Å².